The van der Waals surface area contributed by atoms with Crippen LogP contribution in [0.3, 0.4) is 0 Å². The predicted octanol–water partition coefficient (Wildman–Crippen LogP) is 2.24. The van der Waals surface area contributed by atoms with E-state index >= 15 is 0 Å². The molecule has 0 aromatic heterocycles. The normalized spacial score (nSPS) is 23.1. The Hall–Kier alpha value is -3.43. The molecule has 2 heterocycles. The van der Waals surface area contributed by atoms with E-state index in [2.05, 4.69) is 5.32 Å². The molecule has 10 nitrogen and oxygen atoms in total. The third-order valence-corrected chi connectivity index (χ3v) is 7.93. The molecule has 0 radical (unpaired) electrons. The predicted molar refractivity (Wildman–Crippen MR) is 143 cm³/mol. The number of esters is 2. The van der Waals surface area contributed by atoms with Gasteiger partial charge in [-0.25, -0.2) is 4.79 Å². The zero-order chi connectivity index (χ0) is 28.7. The van der Waals surface area contributed by atoms with Crippen molar-refractivity contribution in [3.63, 3.8) is 0 Å². The van der Waals surface area contributed by atoms with Crippen molar-refractivity contribution in [2.75, 3.05) is 20.2 Å². The molecule has 10 heteroatoms. The molecule has 0 bridgehead atoms. The maximum Gasteiger partial charge on any atom is 0.332 e. The van der Waals surface area contributed by atoms with Crippen molar-refractivity contribution >= 4 is 29.7 Å². The van der Waals surface area contributed by atoms with Gasteiger partial charge in [0.25, 0.3) is 0 Å². The summed E-state index contributed by atoms with van der Waals surface area (Å²) in [6.45, 7) is 7.39. The number of likely N-dealkylation sites (tertiary alicyclic amines) is 2. The zero-order valence-corrected chi connectivity index (χ0v) is 23.6. The third kappa shape index (κ3) is 6.59. The molecular formula is C29H41N3O7. The summed E-state index contributed by atoms with van der Waals surface area (Å²) in [6.07, 6.45) is 2.13. The quantitative estimate of drug-likeness (QED) is 0.449. The van der Waals surface area contributed by atoms with Crippen LogP contribution in [-0.2, 0) is 39.9 Å². The lowest BCUT2D eigenvalue weighted by Gasteiger charge is -2.41. The molecule has 0 spiro atoms. The Kier molecular flexibility index (Phi) is 10.1. The van der Waals surface area contributed by atoms with E-state index in [1.807, 2.05) is 44.2 Å². The number of methoxy groups -OCH3 is 1. The molecule has 3 unspecified atom stereocenters. The van der Waals surface area contributed by atoms with Crippen molar-refractivity contribution < 1.29 is 33.4 Å². The third-order valence-electron chi connectivity index (χ3n) is 7.93. The lowest BCUT2D eigenvalue weighted by atomic mass is 9.86. The fraction of sp³-hybridized carbons (Fsp3) is 0.621. The highest BCUT2D eigenvalue weighted by Crippen LogP contribution is 2.36. The van der Waals surface area contributed by atoms with Gasteiger partial charge in [-0.15, -0.1) is 0 Å². The number of carbonyl (C=O) groups is 5. The van der Waals surface area contributed by atoms with Gasteiger partial charge < -0.3 is 24.6 Å². The number of amides is 3. The fourth-order valence-corrected chi connectivity index (χ4v) is 5.66. The topological polar surface area (TPSA) is 122 Å². The van der Waals surface area contributed by atoms with E-state index in [4.69, 9.17) is 9.47 Å². The van der Waals surface area contributed by atoms with E-state index in [0.717, 1.165) is 5.56 Å². The van der Waals surface area contributed by atoms with Crippen molar-refractivity contribution in [3.05, 3.63) is 35.9 Å². The minimum atomic E-state index is -1.30. The first kappa shape index (κ1) is 30.1. The average Bonchev–Trinajstić information content (AvgIpc) is 3.58. The summed E-state index contributed by atoms with van der Waals surface area (Å²) in [5.41, 5.74) is -0.442. The second kappa shape index (κ2) is 13.1. The summed E-state index contributed by atoms with van der Waals surface area (Å²) in [5, 5.41) is 2.75. The Morgan fingerprint density at radius 1 is 1.08 bits per heavy atom. The first-order valence-corrected chi connectivity index (χ1v) is 13.8. The number of nitrogens with one attached hydrogen (secondary N) is 1. The minimum Gasteiger partial charge on any atom is -0.467 e. The number of carbonyl (C=O) groups excluding carboxylic acids is 5. The SMILES string of the molecule is CCC(C)C(=O)N1CCC[C@H]1C(=O)N1CCCC1(Cc1ccccc1)C(=O)NC(C(=O)OC)[C@@H](C)OC(C)=O. The summed E-state index contributed by atoms with van der Waals surface area (Å²) in [5.74, 6) is -2.39. The monoisotopic (exact) mass is 543 g/mol. The minimum absolute atomic E-state index is 0.0494. The second-order valence-corrected chi connectivity index (χ2v) is 10.6. The molecule has 3 amide bonds. The zero-order valence-electron chi connectivity index (χ0n) is 23.6. The van der Waals surface area contributed by atoms with Crippen molar-refractivity contribution in [2.24, 2.45) is 5.92 Å². The van der Waals surface area contributed by atoms with Crippen LogP contribution in [0.5, 0.6) is 0 Å². The molecule has 2 saturated heterocycles. The number of hydrogen-bond acceptors (Lipinski definition) is 7. The highest BCUT2D eigenvalue weighted by molar-refractivity contribution is 5.97. The molecule has 2 fully saturated rings. The number of nitrogens with zero attached hydrogens (tertiary/aromatic N) is 2. The molecule has 1 aromatic carbocycles. The maximum absolute atomic E-state index is 14.2. The van der Waals surface area contributed by atoms with Crippen LogP contribution in [-0.4, -0.2) is 83.4 Å². The molecule has 1 aromatic rings. The summed E-state index contributed by atoms with van der Waals surface area (Å²) >= 11 is 0. The first-order valence-electron chi connectivity index (χ1n) is 13.8. The van der Waals surface area contributed by atoms with Crippen LogP contribution in [0.4, 0.5) is 0 Å². The van der Waals surface area contributed by atoms with E-state index in [1.54, 1.807) is 9.80 Å². The molecule has 0 saturated carbocycles. The van der Waals surface area contributed by atoms with Crippen LogP contribution in [0.2, 0.25) is 0 Å². The number of ether oxygens (including phenoxy) is 2. The van der Waals surface area contributed by atoms with Gasteiger partial charge >= 0.3 is 11.9 Å². The fourth-order valence-electron chi connectivity index (χ4n) is 5.66. The summed E-state index contributed by atoms with van der Waals surface area (Å²) in [4.78, 5) is 68.9. The molecule has 214 valence electrons. The van der Waals surface area contributed by atoms with Crippen molar-refractivity contribution in [1.82, 2.24) is 15.1 Å². The molecule has 5 atom stereocenters. The Bertz CT molecular complexity index is 1060. The highest BCUT2D eigenvalue weighted by atomic mass is 16.6. The van der Waals surface area contributed by atoms with Gasteiger partial charge in [0.05, 0.1) is 7.11 Å². The second-order valence-electron chi connectivity index (χ2n) is 10.6. The number of hydrogen-bond donors (Lipinski definition) is 1. The molecule has 2 aliphatic heterocycles. The lowest BCUT2D eigenvalue weighted by Crippen LogP contribution is -2.64. The Morgan fingerprint density at radius 2 is 1.77 bits per heavy atom. The number of benzene rings is 1. The van der Waals surface area contributed by atoms with Crippen LogP contribution < -0.4 is 5.32 Å². The van der Waals surface area contributed by atoms with Gasteiger partial charge in [0.1, 0.15) is 17.7 Å². The Labute approximate surface area is 230 Å². The smallest absolute Gasteiger partial charge is 0.332 e. The van der Waals surface area contributed by atoms with E-state index in [-0.39, 0.29) is 24.2 Å². The molecule has 1 N–H and O–H groups in total. The summed E-state index contributed by atoms with van der Waals surface area (Å²) < 4.78 is 10.1. The Morgan fingerprint density at radius 3 is 2.38 bits per heavy atom. The van der Waals surface area contributed by atoms with Crippen LogP contribution in [0.15, 0.2) is 30.3 Å². The largest absolute Gasteiger partial charge is 0.467 e. The van der Waals surface area contributed by atoms with Crippen molar-refractivity contribution in [1.29, 1.82) is 0 Å². The standard InChI is InChI=1S/C29H41N3O7/c1-6-19(2)25(34)31-16-10-14-23(31)26(35)32-17-11-15-29(32,18-22-12-8-7-9-13-22)28(37)30-24(27(36)38-5)20(3)39-21(4)33/h7-9,12-13,19-20,23-24H,6,10-11,14-18H2,1-5H3,(H,30,37)/t19?,20-,23+,24?,29?/m1/s1. The summed E-state index contributed by atoms with van der Waals surface area (Å²) in [6, 6.07) is 7.50. The van der Waals surface area contributed by atoms with Crippen LogP contribution >= 0.6 is 0 Å². The van der Waals surface area contributed by atoms with Gasteiger partial charge in [0.2, 0.25) is 17.7 Å². The van der Waals surface area contributed by atoms with E-state index in [0.29, 0.717) is 45.2 Å². The van der Waals surface area contributed by atoms with Gasteiger partial charge in [-0.05, 0) is 44.6 Å². The van der Waals surface area contributed by atoms with Gasteiger partial charge in [0.15, 0.2) is 6.04 Å². The molecule has 0 aliphatic carbocycles. The van der Waals surface area contributed by atoms with Crippen molar-refractivity contribution in [2.45, 2.75) is 89.9 Å². The highest BCUT2D eigenvalue weighted by Gasteiger charge is 2.53. The van der Waals surface area contributed by atoms with E-state index in [1.165, 1.54) is 21.0 Å². The van der Waals surface area contributed by atoms with Gasteiger partial charge in [-0.2, -0.15) is 0 Å². The van der Waals surface area contributed by atoms with Crippen LogP contribution in [0, 0.1) is 5.92 Å². The summed E-state index contributed by atoms with van der Waals surface area (Å²) in [7, 11) is 1.19. The van der Waals surface area contributed by atoms with Gasteiger partial charge in [-0.3, -0.25) is 19.2 Å². The van der Waals surface area contributed by atoms with Gasteiger partial charge in [-0.1, -0.05) is 44.2 Å². The van der Waals surface area contributed by atoms with Crippen LogP contribution in [0.1, 0.15) is 65.4 Å². The average molecular weight is 544 g/mol. The molecular weight excluding hydrogens is 502 g/mol. The van der Waals surface area contributed by atoms with E-state index in [9.17, 15) is 24.0 Å². The molecule has 3 rings (SSSR count). The van der Waals surface area contributed by atoms with Crippen LogP contribution in [0.25, 0.3) is 0 Å². The maximum atomic E-state index is 14.2. The van der Waals surface area contributed by atoms with Gasteiger partial charge in [0, 0.05) is 32.4 Å². The van der Waals surface area contributed by atoms with E-state index < -0.39 is 41.6 Å². The molecule has 39 heavy (non-hydrogen) atoms. The molecule has 2 aliphatic rings. The van der Waals surface area contributed by atoms with Crippen molar-refractivity contribution in [3.8, 4) is 0 Å². The first-order chi connectivity index (χ1) is 18.5. The Balaban J connectivity index is 1.98. The lowest BCUT2D eigenvalue weighted by molar-refractivity contribution is -0.159. The number of rotatable bonds is 10.